The van der Waals surface area contributed by atoms with Crippen molar-refractivity contribution in [3.63, 3.8) is 0 Å². The molecule has 22 heavy (non-hydrogen) atoms. The monoisotopic (exact) mass is 318 g/mol. The normalized spacial score (nSPS) is 12.1. The molecule has 1 aromatic carbocycles. The summed E-state index contributed by atoms with van der Waals surface area (Å²) < 4.78 is 0. The molecule has 0 amide bonds. The zero-order valence-corrected chi connectivity index (χ0v) is 14.2. The highest BCUT2D eigenvalue weighted by atomic mass is 35.5. The number of anilines is 1. The van der Waals surface area contributed by atoms with Crippen LogP contribution in [0.15, 0.2) is 35.5 Å². The van der Waals surface area contributed by atoms with E-state index in [0.29, 0.717) is 5.02 Å². The van der Waals surface area contributed by atoms with Crippen LogP contribution in [0.2, 0.25) is 5.02 Å². The molecule has 0 fully saturated rings. The molecule has 1 N–H and O–H groups in total. The Labute approximate surface area is 137 Å². The van der Waals surface area contributed by atoms with E-state index >= 15 is 0 Å². The van der Waals surface area contributed by atoms with Crippen LogP contribution in [0.3, 0.4) is 0 Å². The van der Waals surface area contributed by atoms with E-state index in [1.807, 2.05) is 31.2 Å². The molecule has 1 heterocycles. The Morgan fingerprint density at radius 3 is 2.77 bits per heavy atom. The lowest BCUT2D eigenvalue weighted by Crippen LogP contribution is -2.26. The maximum absolute atomic E-state index is 6.01. The maximum atomic E-state index is 6.01. The molecule has 0 aliphatic heterocycles. The number of benzene rings is 1. The highest BCUT2D eigenvalue weighted by molar-refractivity contribution is 6.31. The van der Waals surface area contributed by atoms with Gasteiger partial charge in [0.2, 0.25) is 0 Å². The van der Waals surface area contributed by atoms with Gasteiger partial charge in [0.25, 0.3) is 0 Å². The van der Waals surface area contributed by atoms with Gasteiger partial charge >= 0.3 is 0 Å². The minimum absolute atomic E-state index is 0.696. The number of nitrogens with zero attached hydrogens (tertiary/aromatic N) is 3. The molecule has 5 heteroatoms. The van der Waals surface area contributed by atoms with E-state index in [2.05, 4.69) is 34.0 Å². The molecule has 0 saturated heterocycles. The molecule has 0 aliphatic carbocycles. The van der Waals surface area contributed by atoms with Gasteiger partial charge in [0.1, 0.15) is 0 Å². The first-order chi connectivity index (χ1) is 10.6. The lowest BCUT2D eigenvalue weighted by atomic mass is 10.2. The minimum atomic E-state index is 0.696. The number of amidine groups is 1. The molecule has 0 atom stereocenters. The van der Waals surface area contributed by atoms with Crippen molar-refractivity contribution in [3.8, 4) is 0 Å². The summed E-state index contributed by atoms with van der Waals surface area (Å²) in [6.45, 7) is 10.3. The lowest BCUT2D eigenvalue weighted by molar-refractivity contribution is 0.313. The summed E-state index contributed by atoms with van der Waals surface area (Å²) in [5, 5.41) is 5.11. The highest BCUT2D eigenvalue weighted by Gasteiger charge is 2.03. The van der Waals surface area contributed by atoms with E-state index < -0.39 is 0 Å². The highest BCUT2D eigenvalue weighted by Crippen LogP contribution is 2.24. The second kappa shape index (κ2) is 8.11. The number of fused-ring (bicyclic) bond motifs is 1. The second-order valence-corrected chi connectivity index (χ2v) is 5.58. The van der Waals surface area contributed by atoms with Crippen LogP contribution < -0.4 is 5.32 Å². The molecule has 0 spiro atoms. The van der Waals surface area contributed by atoms with Gasteiger partial charge in [0, 0.05) is 23.2 Å². The van der Waals surface area contributed by atoms with E-state index in [-0.39, 0.29) is 0 Å². The van der Waals surface area contributed by atoms with Crippen LogP contribution in [0.1, 0.15) is 20.8 Å². The molecule has 0 aliphatic rings. The minimum Gasteiger partial charge on any atom is -0.344 e. The van der Waals surface area contributed by atoms with E-state index in [9.17, 15) is 0 Å². The summed E-state index contributed by atoms with van der Waals surface area (Å²) in [6.07, 6.45) is 1.78. The van der Waals surface area contributed by atoms with Crippen LogP contribution in [0.25, 0.3) is 10.9 Å². The first kappa shape index (κ1) is 16.7. The first-order valence-electron chi connectivity index (χ1n) is 7.68. The predicted octanol–water partition coefficient (Wildman–Crippen LogP) is 4.06. The first-order valence-corrected chi connectivity index (χ1v) is 8.06. The number of halogens is 1. The Morgan fingerprint density at radius 2 is 2.05 bits per heavy atom. The van der Waals surface area contributed by atoms with Gasteiger partial charge in [-0.3, -0.25) is 9.98 Å². The van der Waals surface area contributed by atoms with Crippen molar-refractivity contribution >= 4 is 34.0 Å². The Balaban J connectivity index is 2.07. The molecule has 0 radical (unpaired) electrons. The number of likely N-dealkylation sites (N-methyl/N-ethyl adjacent to an activating group) is 1. The van der Waals surface area contributed by atoms with Crippen molar-refractivity contribution in [2.24, 2.45) is 4.99 Å². The topological polar surface area (TPSA) is 40.5 Å². The van der Waals surface area contributed by atoms with Gasteiger partial charge in [0.15, 0.2) is 0 Å². The number of aromatic nitrogens is 1. The number of pyridine rings is 1. The summed E-state index contributed by atoms with van der Waals surface area (Å²) >= 11 is 6.01. The van der Waals surface area contributed by atoms with Gasteiger partial charge < -0.3 is 10.2 Å². The van der Waals surface area contributed by atoms with Crippen molar-refractivity contribution < 1.29 is 0 Å². The van der Waals surface area contributed by atoms with Crippen molar-refractivity contribution in [3.05, 3.63) is 35.5 Å². The molecule has 1 aromatic heterocycles. The van der Waals surface area contributed by atoms with Crippen molar-refractivity contribution in [2.45, 2.75) is 20.8 Å². The van der Waals surface area contributed by atoms with Crippen LogP contribution in [0.5, 0.6) is 0 Å². The fraction of sp³-hybridized carbons (Fsp3) is 0.412. The van der Waals surface area contributed by atoms with E-state index in [1.165, 1.54) is 0 Å². The quantitative estimate of drug-likeness (QED) is 0.645. The SMILES string of the molecule is CCN(CC)CCN=C(C)Nc1ccnc2cc(Cl)ccc12. The molecule has 0 saturated carbocycles. The third-order valence-electron chi connectivity index (χ3n) is 3.68. The summed E-state index contributed by atoms with van der Waals surface area (Å²) in [6, 6.07) is 7.69. The molecule has 2 aromatic rings. The van der Waals surface area contributed by atoms with Gasteiger partial charge in [-0.25, -0.2) is 0 Å². The summed E-state index contributed by atoms with van der Waals surface area (Å²) in [5.41, 5.74) is 1.89. The number of hydrogen-bond donors (Lipinski definition) is 1. The van der Waals surface area contributed by atoms with Crippen LogP contribution in [-0.4, -0.2) is 41.9 Å². The molecule has 2 rings (SSSR count). The average Bonchev–Trinajstić information content (AvgIpc) is 2.51. The lowest BCUT2D eigenvalue weighted by Gasteiger charge is -2.16. The smallest absolute Gasteiger partial charge is 0.0976 e. The van der Waals surface area contributed by atoms with Crippen molar-refractivity contribution in [1.29, 1.82) is 0 Å². The van der Waals surface area contributed by atoms with E-state index in [1.54, 1.807) is 6.20 Å². The third-order valence-corrected chi connectivity index (χ3v) is 3.92. The van der Waals surface area contributed by atoms with Gasteiger partial charge in [-0.1, -0.05) is 25.4 Å². The van der Waals surface area contributed by atoms with Gasteiger partial charge in [0.05, 0.1) is 23.6 Å². The molecule has 0 bridgehead atoms. The predicted molar refractivity (Wildman–Crippen MR) is 96.1 cm³/mol. The Bertz CT molecular complexity index is 650. The summed E-state index contributed by atoms with van der Waals surface area (Å²) in [7, 11) is 0. The number of rotatable bonds is 6. The zero-order valence-electron chi connectivity index (χ0n) is 13.4. The molecule has 0 unspecified atom stereocenters. The van der Waals surface area contributed by atoms with Gasteiger partial charge in [-0.15, -0.1) is 0 Å². The Hall–Kier alpha value is -1.65. The average molecular weight is 319 g/mol. The van der Waals surface area contributed by atoms with Gasteiger partial charge in [-0.2, -0.15) is 0 Å². The van der Waals surface area contributed by atoms with Crippen LogP contribution in [0.4, 0.5) is 5.69 Å². The summed E-state index contributed by atoms with van der Waals surface area (Å²) in [5.74, 6) is 0.912. The van der Waals surface area contributed by atoms with Crippen molar-refractivity contribution in [1.82, 2.24) is 9.88 Å². The fourth-order valence-electron chi connectivity index (χ4n) is 2.36. The summed E-state index contributed by atoms with van der Waals surface area (Å²) in [4.78, 5) is 11.3. The van der Waals surface area contributed by atoms with Gasteiger partial charge in [-0.05, 0) is 44.3 Å². The van der Waals surface area contributed by atoms with Crippen LogP contribution in [-0.2, 0) is 0 Å². The van der Waals surface area contributed by atoms with Crippen LogP contribution >= 0.6 is 11.6 Å². The number of hydrogen-bond acceptors (Lipinski definition) is 3. The van der Waals surface area contributed by atoms with E-state index in [4.69, 9.17) is 11.6 Å². The molecule has 118 valence electrons. The molecular weight excluding hydrogens is 296 g/mol. The molecular formula is C17H23ClN4. The Kier molecular flexibility index (Phi) is 6.16. The standard InChI is InChI=1S/C17H23ClN4/c1-4-22(5-2)11-10-19-13(3)21-16-8-9-20-17-12-14(18)6-7-15(16)17/h6-9,12H,4-5,10-11H2,1-3H3,(H,19,20,21). The zero-order chi connectivity index (χ0) is 15.9. The molecule has 4 nitrogen and oxygen atoms in total. The van der Waals surface area contributed by atoms with Crippen LogP contribution in [0, 0.1) is 0 Å². The fourth-order valence-corrected chi connectivity index (χ4v) is 2.53. The second-order valence-electron chi connectivity index (χ2n) is 5.14. The number of aliphatic imine (C=N–C) groups is 1. The third kappa shape index (κ3) is 4.42. The van der Waals surface area contributed by atoms with E-state index in [0.717, 1.165) is 48.6 Å². The largest absolute Gasteiger partial charge is 0.344 e. The maximum Gasteiger partial charge on any atom is 0.0976 e. The van der Waals surface area contributed by atoms with Crippen molar-refractivity contribution in [2.75, 3.05) is 31.5 Å². The Morgan fingerprint density at radius 1 is 1.27 bits per heavy atom. The number of nitrogens with one attached hydrogen (secondary N) is 1.